The van der Waals surface area contributed by atoms with Gasteiger partial charge in [-0.05, 0) is 0 Å². The number of hydrogen-bond donors (Lipinski definition) is 2. The van der Waals surface area contributed by atoms with Gasteiger partial charge in [-0.25, -0.2) is 4.79 Å². The molecule has 0 aliphatic rings. The van der Waals surface area contributed by atoms with Crippen molar-refractivity contribution in [3.8, 4) is 0 Å². The zero-order chi connectivity index (χ0) is 13.4. The Morgan fingerprint density at radius 2 is 1.56 bits per heavy atom. The molecule has 0 fully saturated rings. The molecule has 96 valence electrons. The molecule has 0 aromatic carbocycles. The first-order chi connectivity index (χ1) is 6.77. The molecule has 0 bridgehead atoms. The van der Waals surface area contributed by atoms with Crippen molar-refractivity contribution in [2.24, 2.45) is 0 Å². The van der Waals surface area contributed by atoms with E-state index in [1.807, 2.05) is 0 Å². The van der Waals surface area contributed by atoms with Crippen molar-refractivity contribution in [3.63, 3.8) is 0 Å². The lowest BCUT2D eigenvalue weighted by Crippen LogP contribution is -2.54. The van der Waals surface area contributed by atoms with Gasteiger partial charge in [-0.1, -0.05) is 0 Å². The molecular formula is C5H12NO8S2+. The van der Waals surface area contributed by atoms with E-state index in [1.165, 1.54) is 21.1 Å². The minimum Gasteiger partial charge on any atom is -0.476 e. The quantitative estimate of drug-likeness (QED) is 0.446. The minimum atomic E-state index is -5.28. The SMILES string of the molecule is C[N+](C)(C)C(C(=O)O)S(=O)(=O)OS(=O)(=O)O. The van der Waals surface area contributed by atoms with Crippen molar-refractivity contribution in [1.82, 2.24) is 0 Å². The van der Waals surface area contributed by atoms with Gasteiger partial charge in [-0.15, -0.1) is 3.63 Å². The Bertz CT molecular complexity index is 469. The van der Waals surface area contributed by atoms with Gasteiger partial charge >= 0.3 is 31.9 Å². The molecule has 0 saturated heterocycles. The molecular weight excluding hydrogens is 266 g/mol. The average molecular weight is 278 g/mol. The molecule has 0 aromatic rings. The van der Waals surface area contributed by atoms with Crippen molar-refractivity contribution in [3.05, 3.63) is 0 Å². The summed E-state index contributed by atoms with van der Waals surface area (Å²) >= 11 is 0. The second kappa shape index (κ2) is 4.25. The fraction of sp³-hybridized carbons (Fsp3) is 0.800. The first-order valence-corrected chi connectivity index (χ1v) is 6.57. The zero-order valence-electron chi connectivity index (χ0n) is 8.68. The summed E-state index contributed by atoms with van der Waals surface area (Å²) in [4.78, 5) is 10.7. The highest BCUT2D eigenvalue weighted by molar-refractivity contribution is 7.98. The van der Waals surface area contributed by atoms with E-state index in [4.69, 9.17) is 9.66 Å². The van der Waals surface area contributed by atoms with Crippen molar-refractivity contribution in [2.45, 2.75) is 5.37 Å². The molecule has 0 heterocycles. The Kier molecular flexibility index (Phi) is 4.05. The second-order valence-electron chi connectivity index (χ2n) is 3.80. The maximum atomic E-state index is 11.3. The van der Waals surface area contributed by atoms with Gasteiger partial charge in [-0.3, -0.25) is 4.55 Å². The Labute approximate surface area is 92.9 Å². The molecule has 9 nitrogen and oxygen atoms in total. The molecule has 16 heavy (non-hydrogen) atoms. The number of quaternary nitrogens is 1. The van der Waals surface area contributed by atoms with Gasteiger partial charge in [0.1, 0.15) is 0 Å². The molecule has 0 aromatic heterocycles. The summed E-state index contributed by atoms with van der Waals surface area (Å²) in [7, 11) is -6.65. The van der Waals surface area contributed by atoms with Crippen LogP contribution in [0.2, 0.25) is 0 Å². The number of nitrogens with zero attached hydrogens (tertiary/aromatic N) is 1. The molecule has 0 rings (SSSR count). The first-order valence-electron chi connectivity index (χ1n) is 3.73. The third kappa shape index (κ3) is 4.40. The second-order valence-corrected chi connectivity index (χ2v) is 6.63. The zero-order valence-corrected chi connectivity index (χ0v) is 10.3. The summed E-state index contributed by atoms with van der Waals surface area (Å²) in [5.74, 6) is -1.80. The van der Waals surface area contributed by atoms with E-state index in [1.54, 1.807) is 0 Å². The largest absolute Gasteiger partial charge is 0.476 e. The van der Waals surface area contributed by atoms with Crippen molar-refractivity contribution in [1.29, 1.82) is 0 Å². The molecule has 0 spiro atoms. The minimum absolute atomic E-state index is 0.632. The fourth-order valence-electron chi connectivity index (χ4n) is 0.999. The molecule has 2 N–H and O–H groups in total. The lowest BCUT2D eigenvalue weighted by Gasteiger charge is -2.28. The molecule has 0 aliphatic heterocycles. The lowest BCUT2D eigenvalue weighted by molar-refractivity contribution is -0.873. The van der Waals surface area contributed by atoms with Gasteiger partial charge in [0, 0.05) is 0 Å². The summed E-state index contributed by atoms with van der Waals surface area (Å²) in [5, 5.41) is 6.52. The van der Waals surface area contributed by atoms with Crippen LogP contribution in [0.15, 0.2) is 0 Å². The van der Waals surface area contributed by atoms with E-state index < -0.39 is 36.3 Å². The van der Waals surface area contributed by atoms with Crippen LogP contribution < -0.4 is 0 Å². The first kappa shape index (κ1) is 15.2. The van der Waals surface area contributed by atoms with Gasteiger partial charge in [-0.2, -0.15) is 16.8 Å². The maximum Gasteiger partial charge on any atom is 0.412 e. The predicted molar refractivity (Wildman–Crippen MR) is 51.0 cm³/mol. The van der Waals surface area contributed by atoms with Crippen LogP contribution in [0.3, 0.4) is 0 Å². The van der Waals surface area contributed by atoms with E-state index in [0.717, 1.165) is 0 Å². The summed E-state index contributed by atoms with van der Waals surface area (Å²) in [6, 6.07) is 0. The van der Waals surface area contributed by atoms with E-state index in [-0.39, 0.29) is 0 Å². The molecule has 0 radical (unpaired) electrons. The topological polar surface area (TPSA) is 135 Å². The maximum absolute atomic E-state index is 11.3. The Morgan fingerprint density at radius 3 is 1.75 bits per heavy atom. The van der Waals surface area contributed by atoms with E-state index >= 15 is 0 Å². The Hall–Kier alpha value is -0.750. The highest BCUT2D eigenvalue weighted by atomic mass is 32.3. The summed E-state index contributed by atoms with van der Waals surface area (Å²) in [5.41, 5.74) is 0. The summed E-state index contributed by atoms with van der Waals surface area (Å²) < 4.78 is 54.0. The van der Waals surface area contributed by atoms with Gasteiger partial charge in [0.15, 0.2) is 0 Å². The molecule has 0 amide bonds. The number of carbonyl (C=O) groups is 1. The van der Waals surface area contributed by atoms with Crippen molar-refractivity contribution in [2.75, 3.05) is 21.1 Å². The van der Waals surface area contributed by atoms with Crippen LogP contribution in [0, 0.1) is 0 Å². The normalized spacial score (nSPS) is 15.8. The molecule has 11 heteroatoms. The van der Waals surface area contributed by atoms with E-state index in [0.29, 0.717) is 0 Å². The highest BCUT2D eigenvalue weighted by Crippen LogP contribution is 2.15. The summed E-state index contributed by atoms with van der Waals surface area (Å²) in [6.45, 7) is 0. The van der Waals surface area contributed by atoms with Crippen molar-refractivity contribution >= 4 is 26.5 Å². The fourth-order valence-corrected chi connectivity index (χ4v) is 3.28. The van der Waals surface area contributed by atoms with Crippen LogP contribution in [0.5, 0.6) is 0 Å². The Morgan fingerprint density at radius 1 is 1.19 bits per heavy atom. The van der Waals surface area contributed by atoms with Crippen molar-refractivity contribution < 1.29 is 39.4 Å². The van der Waals surface area contributed by atoms with Gasteiger partial charge in [0.25, 0.3) is 0 Å². The number of likely N-dealkylation sites (N-methyl/N-ethyl adjacent to an activating group) is 1. The third-order valence-corrected chi connectivity index (χ3v) is 4.20. The van der Waals surface area contributed by atoms with Gasteiger partial charge in [0.05, 0.1) is 21.1 Å². The number of rotatable bonds is 5. The number of aliphatic carboxylic acids is 1. The average Bonchev–Trinajstić information content (AvgIpc) is 1.70. The highest BCUT2D eigenvalue weighted by Gasteiger charge is 2.47. The van der Waals surface area contributed by atoms with Crippen LogP contribution in [-0.4, -0.2) is 63.5 Å². The van der Waals surface area contributed by atoms with Gasteiger partial charge < -0.3 is 9.59 Å². The molecule has 1 unspecified atom stereocenters. The lowest BCUT2D eigenvalue weighted by atomic mass is 10.5. The van der Waals surface area contributed by atoms with Crippen LogP contribution >= 0.6 is 0 Å². The van der Waals surface area contributed by atoms with Crippen LogP contribution in [0.4, 0.5) is 0 Å². The van der Waals surface area contributed by atoms with Crippen LogP contribution in [0.25, 0.3) is 0 Å². The molecule has 0 aliphatic carbocycles. The van der Waals surface area contributed by atoms with E-state index in [2.05, 4.69) is 3.63 Å². The Balaban J connectivity index is 5.51. The van der Waals surface area contributed by atoms with Crippen LogP contribution in [-0.2, 0) is 28.9 Å². The molecule has 1 atom stereocenters. The summed E-state index contributed by atoms with van der Waals surface area (Å²) in [6.07, 6.45) is 0. The number of carboxylic acid groups (broad SMARTS) is 1. The van der Waals surface area contributed by atoms with E-state index in [9.17, 15) is 21.6 Å². The number of hydrogen-bond acceptors (Lipinski definition) is 6. The number of carboxylic acids is 1. The third-order valence-electron chi connectivity index (χ3n) is 1.37. The monoisotopic (exact) mass is 278 g/mol. The molecule has 0 saturated carbocycles. The standard InChI is InChI=1S/C5H11NO8S2/c1-6(2,3)4(5(7)8)15(9,10)14-16(11,12)13/h4H,1-3H3,(H-,7,8,11,12,13)/p+1. The van der Waals surface area contributed by atoms with Gasteiger partial charge in [0.2, 0.25) is 0 Å². The van der Waals surface area contributed by atoms with Crippen LogP contribution in [0.1, 0.15) is 0 Å². The predicted octanol–water partition coefficient (Wildman–Crippen LogP) is -1.75. The smallest absolute Gasteiger partial charge is 0.412 e.